The molecule has 5 heteroatoms. The normalized spacial score (nSPS) is 22.8. The fourth-order valence-electron chi connectivity index (χ4n) is 1.83. The number of hydrogen-bond acceptors (Lipinski definition) is 2. The van der Waals surface area contributed by atoms with Gasteiger partial charge in [0, 0.05) is 13.1 Å². The number of piperidine rings is 1. The molecule has 98 valence electrons. The predicted molar refractivity (Wildman–Crippen MR) is 71.0 cm³/mol. The van der Waals surface area contributed by atoms with Gasteiger partial charge in [0.05, 0.1) is 4.83 Å². The van der Waals surface area contributed by atoms with E-state index in [1.165, 1.54) is 0 Å². The summed E-state index contributed by atoms with van der Waals surface area (Å²) in [4.78, 5) is 25.3. The average molecular weight is 305 g/mol. The van der Waals surface area contributed by atoms with E-state index in [2.05, 4.69) is 21.2 Å². The molecule has 2 atom stereocenters. The highest BCUT2D eigenvalue weighted by molar-refractivity contribution is 9.10. The van der Waals surface area contributed by atoms with Crippen molar-refractivity contribution in [3.8, 4) is 0 Å². The molecule has 0 aliphatic carbocycles. The molecular weight excluding hydrogens is 284 g/mol. The Hall–Kier alpha value is -0.580. The van der Waals surface area contributed by atoms with Crippen LogP contribution in [0.1, 0.15) is 33.6 Å². The number of carbonyl (C=O) groups is 2. The Bertz CT molecular complexity index is 294. The molecule has 0 aromatic carbocycles. The zero-order valence-corrected chi connectivity index (χ0v) is 12.3. The van der Waals surface area contributed by atoms with Crippen LogP contribution in [0.3, 0.4) is 0 Å². The molecule has 0 saturated carbocycles. The molecule has 1 aliphatic heterocycles. The van der Waals surface area contributed by atoms with E-state index >= 15 is 0 Å². The second-order valence-electron chi connectivity index (χ2n) is 4.96. The van der Waals surface area contributed by atoms with Crippen LogP contribution in [0.4, 0.5) is 0 Å². The summed E-state index contributed by atoms with van der Waals surface area (Å²) >= 11 is 3.35. The van der Waals surface area contributed by atoms with Crippen LogP contribution in [0.5, 0.6) is 0 Å². The van der Waals surface area contributed by atoms with Crippen molar-refractivity contribution in [1.29, 1.82) is 0 Å². The second kappa shape index (κ2) is 6.38. The third-order valence-electron chi connectivity index (χ3n) is 2.94. The minimum Gasteiger partial charge on any atom is -0.354 e. The maximum atomic E-state index is 11.9. The number of nitrogens with zero attached hydrogens (tertiary/aromatic N) is 1. The highest BCUT2D eigenvalue weighted by atomic mass is 79.9. The van der Waals surface area contributed by atoms with Gasteiger partial charge in [0.25, 0.3) is 0 Å². The maximum absolute atomic E-state index is 11.9. The fraction of sp³-hybridized carbons (Fsp3) is 0.833. The number of amides is 2. The predicted octanol–water partition coefficient (Wildman–Crippen LogP) is 1.53. The van der Waals surface area contributed by atoms with Crippen molar-refractivity contribution in [2.75, 3.05) is 13.1 Å². The van der Waals surface area contributed by atoms with Crippen LogP contribution in [0.2, 0.25) is 0 Å². The molecule has 0 aromatic rings. The van der Waals surface area contributed by atoms with Gasteiger partial charge in [-0.25, -0.2) is 0 Å². The van der Waals surface area contributed by atoms with Crippen molar-refractivity contribution in [2.45, 2.75) is 44.5 Å². The molecule has 1 heterocycles. The summed E-state index contributed by atoms with van der Waals surface area (Å²) in [6.45, 7) is 7.22. The molecular formula is C12H21BrN2O2. The fourth-order valence-corrected chi connectivity index (χ4v) is 2.42. The lowest BCUT2D eigenvalue weighted by molar-refractivity contribution is -0.141. The lowest BCUT2D eigenvalue weighted by Crippen LogP contribution is -2.52. The van der Waals surface area contributed by atoms with Crippen molar-refractivity contribution >= 4 is 27.7 Å². The molecule has 0 spiro atoms. The molecule has 1 saturated heterocycles. The number of nitrogens with one attached hydrogen (secondary N) is 1. The van der Waals surface area contributed by atoms with E-state index in [1.807, 2.05) is 13.8 Å². The lowest BCUT2D eigenvalue weighted by Gasteiger charge is -2.34. The summed E-state index contributed by atoms with van der Waals surface area (Å²) < 4.78 is 0. The molecule has 0 radical (unpaired) electrons. The third kappa shape index (κ3) is 3.98. The second-order valence-corrected chi connectivity index (χ2v) is 6.06. The van der Waals surface area contributed by atoms with Crippen molar-refractivity contribution < 1.29 is 9.59 Å². The Labute approximate surface area is 111 Å². The van der Waals surface area contributed by atoms with Gasteiger partial charge in [-0.3, -0.25) is 9.59 Å². The minimum absolute atomic E-state index is 0.0310. The van der Waals surface area contributed by atoms with E-state index in [4.69, 9.17) is 0 Å². The van der Waals surface area contributed by atoms with Crippen LogP contribution in [0, 0.1) is 5.92 Å². The van der Waals surface area contributed by atoms with Crippen LogP contribution in [0.25, 0.3) is 0 Å². The largest absolute Gasteiger partial charge is 0.354 e. The number of hydrogen-bond donors (Lipinski definition) is 1. The molecule has 1 fully saturated rings. The zero-order valence-electron chi connectivity index (χ0n) is 10.7. The van der Waals surface area contributed by atoms with E-state index < -0.39 is 0 Å². The maximum Gasteiger partial charge on any atom is 0.242 e. The van der Waals surface area contributed by atoms with Gasteiger partial charge in [-0.15, -0.1) is 0 Å². The van der Waals surface area contributed by atoms with Crippen LogP contribution in [-0.4, -0.2) is 40.7 Å². The topological polar surface area (TPSA) is 49.4 Å². The van der Waals surface area contributed by atoms with Gasteiger partial charge < -0.3 is 10.2 Å². The van der Waals surface area contributed by atoms with Gasteiger partial charge in [0.1, 0.15) is 6.04 Å². The molecule has 1 rings (SSSR count). The Balaban J connectivity index is 2.53. The first-order chi connectivity index (χ1) is 7.93. The number of carbonyl (C=O) groups excluding carboxylic acids is 2. The first-order valence-electron chi connectivity index (χ1n) is 6.15. The Morgan fingerprint density at radius 3 is 2.76 bits per heavy atom. The molecule has 2 amide bonds. The Morgan fingerprint density at radius 1 is 1.53 bits per heavy atom. The number of rotatable bonds is 4. The molecule has 4 nitrogen and oxygen atoms in total. The molecule has 17 heavy (non-hydrogen) atoms. The van der Waals surface area contributed by atoms with Crippen molar-refractivity contribution in [3.05, 3.63) is 0 Å². The smallest absolute Gasteiger partial charge is 0.242 e. The number of halogens is 1. The summed E-state index contributed by atoms with van der Waals surface area (Å²) in [7, 11) is 0. The first kappa shape index (κ1) is 14.5. The third-order valence-corrected chi connectivity index (χ3v) is 3.79. The SMILES string of the molecule is CC(C)CNC(=O)C(C)N1CCCC(Br)C1=O. The van der Waals surface area contributed by atoms with Crippen molar-refractivity contribution in [1.82, 2.24) is 10.2 Å². The average Bonchev–Trinajstić information content (AvgIpc) is 2.28. The highest BCUT2D eigenvalue weighted by Gasteiger charge is 2.32. The van der Waals surface area contributed by atoms with E-state index in [0.717, 1.165) is 12.8 Å². The van der Waals surface area contributed by atoms with Crippen LogP contribution in [-0.2, 0) is 9.59 Å². The summed E-state index contributed by atoms with van der Waals surface area (Å²) in [5.41, 5.74) is 0. The van der Waals surface area contributed by atoms with Gasteiger partial charge in [0.2, 0.25) is 11.8 Å². The molecule has 1 aliphatic rings. The molecule has 0 aromatic heterocycles. The standard InChI is InChI=1S/C12H21BrN2O2/c1-8(2)7-14-11(16)9(3)15-6-4-5-10(13)12(15)17/h8-10H,4-7H2,1-3H3,(H,14,16). The van der Waals surface area contributed by atoms with Gasteiger partial charge in [-0.1, -0.05) is 29.8 Å². The van der Waals surface area contributed by atoms with Gasteiger partial charge in [0.15, 0.2) is 0 Å². The van der Waals surface area contributed by atoms with Gasteiger partial charge in [-0.2, -0.15) is 0 Å². The molecule has 2 unspecified atom stereocenters. The van der Waals surface area contributed by atoms with Crippen LogP contribution < -0.4 is 5.32 Å². The van der Waals surface area contributed by atoms with Crippen LogP contribution in [0.15, 0.2) is 0 Å². The zero-order chi connectivity index (χ0) is 13.0. The highest BCUT2D eigenvalue weighted by Crippen LogP contribution is 2.20. The molecule has 1 N–H and O–H groups in total. The van der Waals surface area contributed by atoms with Gasteiger partial charge >= 0.3 is 0 Å². The summed E-state index contributed by atoms with van der Waals surface area (Å²) in [5.74, 6) is 0.393. The van der Waals surface area contributed by atoms with E-state index in [1.54, 1.807) is 11.8 Å². The summed E-state index contributed by atoms with van der Waals surface area (Å²) in [6.07, 6.45) is 1.80. The first-order valence-corrected chi connectivity index (χ1v) is 7.07. The summed E-state index contributed by atoms with van der Waals surface area (Å²) in [6, 6.07) is -0.374. The monoisotopic (exact) mass is 304 g/mol. The molecule has 0 bridgehead atoms. The number of alkyl halides is 1. The van der Waals surface area contributed by atoms with E-state index in [-0.39, 0.29) is 22.7 Å². The van der Waals surface area contributed by atoms with E-state index in [9.17, 15) is 9.59 Å². The van der Waals surface area contributed by atoms with Crippen molar-refractivity contribution in [2.24, 2.45) is 5.92 Å². The quantitative estimate of drug-likeness (QED) is 0.801. The van der Waals surface area contributed by atoms with Crippen LogP contribution >= 0.6 is 15.9 Å². The minimum atomic E-state index is -0.374. The Kier molecular flexibility index (Phi) is 5.43. The van der Waals surface area contributed by atoms with E-state index in [0.29, 0.717) is 19.0 Å². The van der Waals surface area contributed by atoms with Crippen molar-refractivity contribution in [3.63, 3.8) is 0 Å². The number of likely N-dealkylation sites (tertiary alicyclic amines) is 1. The Morgan fingerprint density at radius 2 is 2.18 bits per heavy atom. The lowest BCUT2D eigenvalue weighted by atomic mass is 10.1. The summed E-state index contributed by atoms with van der Waals surface area (Å²) in [5, 5.41) is 2.87. The van der Waals surface area contributed by atoms with Gasteiger partial charge in [-0.05, 0) is 25.7 Å².